The lowest BCUT2D eigenvalue weighted by Gasteiger charge is -2.15. The normalized spacial score (nSPS) is 22.8. The number of carbonyl (C=O) groups is 1. The Morgan fingerprint density at radius 2 is 2.20 bits per heavy atom. The van der Waals surface area contributed by atoms with Crippen molar-refractivity contribution in [1.29, 1.82) is 0 Å². The van der Waals surface area contributed by atoms with E-state index in [9.17, 15) is 18.0 Å². The van der Waals surface area contributed by atoms with Gasteiger partial charge < -0.3 is 5.32 Å². The fourth-order valence-electron chi connectivity index (χ4n) is 2.36. The molecule has 1 aliphatic carbocycles. The van der Waals surface area contributed by atoms with Crippen LogP contribution in [0.4, 0.5) is 13.2 Å². The van der Waals surface area contributed by atoms with Gasteiger partial charge in [0.1, 0.15) is 0 Å². The number of thioether (sulfide) groups is 1. The summed E-state index contributed by atoms with van der Waals surface area (Å²) in [7, 11) is 0. The molecular weight excluding hydrogens is 289 g/mol. The van der Waals surface area contributed by atoms with Gasteiger partial charge in [0, 0.05) is 17.5 Å². The first-order valence-corrected chi connectivity index (χ1v) is 7.56. The summed E-state index contributed by atoms with van der Waals surface area (Å²) in [5.41, 5.74) is -1.54. The van der Waals surface area contributed by atoms with Crippen molar-refractivity contribution in [2.45, 2.75) is 36.7 Å². The Kier molecular flexibility index (Phi) is 4.57. The van der Waals surface area contributed by atoms with Crippen molar-refractivity contribution in [3.05, 3.63) is 29.6 Å². The molecule has 1 heterocycles. The molecule has 0 spiro atoms. The molecule has 7 heteroatoms. The highest BCUT2D eigenvalue weighted by Crippen LogP contribution is 2.31. The molecule has 20 heavy (non-hydrogen) atoms. The lowest BCUT2D eigenvalue weighted by molar-refractivity contribution is -0.141. The maximum Gasteiger partial charge on any atom is 0.434 e. The first kappa shape index (κ1) is 15.2. The van der Waals surface area contributed by atoms with Crippen LogP contribution in [0, 0.1) is 0 Å². The Balaban J connectivity index is 2.10. The van der Waals surface area contributed by atoms with Crippen molar-refractivity contribution in [3.63, 3.8) is 0 Å². The molecule has 110 valence electrons. The number of nitrogens with one attached hydrogen (secondary N) is 1. The standard InChI is InChI=1S/C13H15F3N2OS/c1-20-9-5-4-8(7-9)18-12(19)10-3-2-6-17-11(10)13(14,15)16/h2-3,6,8-9H,4-5,7H2,1H3,(H,18,19)/t8-,9-/m1/s1. The summed E-state index contributed by atoms with van der Waals surface area (Å²) in [6, 6.07) is 2.44. The minimum atomic E-state index is -4.62. The molecule has 1 aromatic rings. The number of halogens is 3. The highest BCUT2D eigenvalue weighted by atomic mass is 32.2. The number of carbonyl (C=O) groups excluding carboxylic acids is 1. The SMILES string of the molecule is CS[C@@H]1CC[C@@H](NC(=O)c2cccnc2C(F)(F)F)C1. The van der Waals surface area contributed by atoms with Crippen LogP contribution in [0.5, 0.6) is 0 Å². The van der Waals surface area contributed by atoms with Gasteiger partial charge in [-0.2, -0.15) is 24.9 Å². The number of alkyl halides is 3. The van der Waals surface area contributed by atoms with Gasteiger partial charge in [0.25, 0.3) is 5.91 Å². The Morgan fingerprint density at radius 1 is 1.45 bits per heavy atom. The third-order valence-corrected chi connectivity index (χ3v) is 4.47. The molecule has 0 aromatic carbocycles. The summed E-state index contributed by atoms with van der Waals surface area (Å²) in [6.45, 7) is 0. The van der Waals surface area contributed by atoms with Crippen LogP contribution in [0.1, 0.15) is 35.3 Å². The third kappa shape index (κ3) is 3.45. The average molecular weight is 304 g/mol. The van der Waals surface area contributed by atoms with E-state index in [4.69, 9.17) is 0 Å². The van der Waals surface area contributed by atoms with Gasteiger partial charge in [-0.15, -0.1) is 0 Å². The van der Waals surface area contributed by atoms with Crippen molar-refractivity contribution in [1.82, 2.24) is 10.3 Å². The molecule has 0 aliphatic heterocycles. The molecule has 1 N–H and O–H groups in total. The fraction of sp³-hybridized carbons (Fsp3) is 0.538. The predicted molar refractivity (Wildman–Crippen MR) is 71.6 cm³/mol. The van der Waals surface area contributed by atoms with Gasteiger partial charge in [-0.3, -0.25) is 9.78 Å². The summed E-state index contributed by atoms with van der Waals surface area (Å²) in [4.78, 5) is 15.3. The van der Waals surface area contributed by atoms with Crippen LogP contribution in [-0.4, -0.2) is 28.4 Å². The largest absolute Gasteiger partial charge is 0.434 e. The Morgan fingerprint density at radius 3 is 2.80 bits per heavy atom. The quantitative estimate of drug-likeness (QED) is 0.933. The summed E-state index contributed by atoms with van der Waals surface area (Å²) in [6.07, 6.45) is 1.00. The summed E-state index contributed by atoms with van der Waals surface area (Å²) in [5, 5.41) is 3.15. The minimum Gasteiger partial charge on any atom is -0.349 e. The highest BCUT2D eigenvalue weighted by molar-refractivity contribution is 7.99. The van der Waals surface area contributed by atoms with E-state index in [0.29, 0.717) is 5.25 Å². The molecule has 2 atom stereocenters. The molecule has 1 saturated carbocycles. The first-order chi connectivity index (χ1) is 9.41. The van der Waals surface area contributed by atoms with E-state index in [1.165, 1.54) is 6.07 Å². The zero-order valence-corrected chi connectivity index (χ0v) is 11.7. The summed E-state index contributed by atoms with van der Waals surface area (Å²) in [5.74, 6) is -0.697. The number of nitrogens with zero attached hydrogens (tertiary/aromatic N) is 1. The minimum absolute atomic E-state index is 0.0544. The fourth-order valence-corrected chi connectivity index (χ4v) is 3.16. The molecule has 0 bridgehead atoms. The number of amides is 1. The number of hydrogen-bond donors (Lipinski definition) is 1. The van der Waals surface area contributed by atoms with Gasteiger partial charge in [-0.1, -0.05) is 0 Å². The van der Waals surface area contributed by atoms with E-state index in [0.717, 1.165) is 31.5 Å². The molecule has 1 aromatic heterocycles. The van der Waals surface area contributed by atoms with Crippen molar-refractivity contribution in [2.24, 2.45) is 0 Å². The third-order valence-electron chi connectivity index (χ3n) is 3.37. The lowest BCUT2D eigenvalue weighted by Crippen LogP contribution is -2.34. The number of hydrogen-bond acceptors (Lipinski definition) is 3. The Bertz CT molecular complexity index is 493. The second kappa shape index (κ2) is 6.03. The Labute approximate surface area is 119 Å². The maximum absolute atomic E-state index is 12.8. The predicted octanol–water partition coefficient (Wildman–Crippen LogP) is 3.11. The van der Waals surface area contributed by atoms with Crippen molar-refractivity contribution in [2.75, 3.05) is 6.26 Å². The van der Waals surface area contributed by atoms with Crippen molar-refractivity contribution in [3.8, 4) is 0 Å². The lowest BCUT2D eigenvalue weighted by atomic mass is 10.1. The molecule has 1 aliphatic rings. The van der Waals surface area contributed by atoms with E-state index in [-0.39, 0.29) is 6.04 Å². The number of rotatable bonds is 3. The van der Waals surface area contributed by atoms with E-state index in [1.807, 2.05) is 6.26 Å². The van der Waals surface area contributed by atoms with Gasteiger partial charge in [0.15, 0.2) is 5.69 Å². The van der Waals surface area contributed by atoms with E-state index < -0.39 is 23.3 Å². The van der Waals surface area contributed by atoms with Crippen molar-refractivity contribution < 1.29 is 18.0 Å². The van der Waals surface area contributed by atoms with Crippen LogP contribution < -0.4 is 5.32 Å². The topological polar surface area (TPSA) is 42.0 Å². The van der Waals surface area contributed by atoms with Crippen LogP contribution in [0.2, 0.25) is 0 Å². The Hall–Kier alpha value is -1.24. The molecule has 0 saturated heterocycles. The average Bonchev–Trinajstić information content (AvgIpc) is 2.85. The second-order valence-electron chi connectivity index (χ2n) is 4.74. The molecule has 0 unspecified atom stereocenters. The van der Waals surface area contributed by atoms with Gasteiger partial charge in [0.05, 0.1) is 5.56 Å². The molecule has 0 radical (unpaired) electrons. The van der Waals surface area contributed by atoms with Crippen LogP contribution in [0.25, 0.3) is 0 Å². The van der Waals surface area contributed by atoms with Crippen LogP contribution in [0.15, 0.2) is 18.3 Å². The molecule has 1 fully saturated rings. The first-order valence-electron chi connectivity index (χ1n) is 6.27. The molecule has 3 nitrogen and oxygen atoms in total. The van der Waals surface area contributed by atoms with Crippen LogP contribution >= 0.6 is 11.8 Å². The summed E-state index contributed by atoms with van der Waals surface area (Å²) < 4.78 is 38.4. The van der Waals surface area contributed by atoms with E-state index >= 15 is 0 Å². The number of pyridine rings is 1. The molecular formula is C13H15F3N2OS. The van der Waals surface area contributed by atoms with Gasteiger partial charge >= 0.3 is 6.18 Å². The van der Waals surface area contributed by atoms with Gasteiger partial charge in [-0.25, -0.2) is 0 Å². The van der Waals surface area contributed by atoms with Gasteiger partial charge in [-0.05, 0) is 37.7 Å². The van der Waals surface area contributed by atoms with Crippen LogP contribution in [-0.2, 0) is 6.18 Å². The van der Waals surface area contributed by atoms with E-state index in [2.05, 4.69) is 10.3 Å². The zero-order chi connectivity index (χ0) is 14.8. The van der Waals surface area contributed by atoms with Crippen LogP contribution in [0.3, 0.4) is 0 Å². The monoisotopic (exact) mass is 304 g/mol. The highest BCUT2D eigenvalue weighted by Gasteiger charge is 2.37. The van der Waals surface area contributed by atoms with E-state index in [1.54, 1.807) is 11.8 Å². The maximum atomic E-state index is 12.8. The summed E-state index contributed by atoms with van der Waals surface area (Å²) >= 11 is 1.72. The zero-order valence-electron chi connectivity index (χ0n) is 10.9. The number of aromatic nitrogens is 1. The van der Waals surface area contributed by atoms with Crippen molar-refractivity contribution >= 4 is 17.7 Å². The second-order valence-corrected chi connectivity index (χ2v) is 5.88. The molecule has 2 rings (SSSR count). The van der Waals surface area contributed by atoms with Gasteiger partial charge in [0.2, 0.25) is 0 Å². The molecule has 1 amide bonds. The smallest absolute Gasteiger partial charge is 0.349 e.